The summed E-state index contributed by atoms with van der Waals surface area (Å²) in [5.74, 6) is -0.996. The van der Waals surface area contributed by atoms with Crippen LogP contribution in [0.15, 0.2) is 132 Å². The number of phenols is 3. The number of azo groups is 2. The Bertz CT molecular complexity index is 2760. The van der Waals surface area contributed by atoms with Gasteiger partial charge in [0.2, 0.25) is 5.91 Å². The van der Waals surface area contributed by atoms with Gasteiger partial charge in [0.1, 0.15) is 39.9 Å². The van der Waals surface area contributed by atoms with Crippen molar-refractivity contribution in [2.45, 2.75) is 23.6 Å². The third-order valence-corrected chi connectivity index (χ3v) is 9.78. The molecule has 1 aromatic heterocycles. The van der Waals surface area contributed by atoms with E-state index >= 15 is 0 Å². The largest absolute Gasteiger partial charge is 1.00 e. The SMILES string of the molecule is CC(=O)Nc1cccc2ccc(O)c(N=Nc3cc(S(C)(=O)=O)ccc3O)c12.Cc1nn(-c2ccccc2)c(=O)[c-]1N=Nc1cc(S(C)(=O)=O)ccc1O.[Co].[H+]. The molecule has 1 amide bonds. The van der Waals surface area contributed by atoms with Gasteiger partial charge >= 0.3 is 1.43 Å². The van der Waals surface area contributed by atoms with Crippen LogP contribution < -0.4 is 10.9 Å². The first-order valence-electron chi connectivity index (χ1n) is 15.7. The molecule has 287 valence electrons. The molecule has 0 aliphatic heterocycles. The second kappa shape index (κ2) is 16.9. The summed E-state index contributed by atoms with van der Waals surface area (Å²) < 4.78 is 47.9. The number of aromatic nitrogens is 2. The predicted molar refractivity (Wildman–Crippen MR) is 202 cm³/mol. The topological polar surface area (TPSA) is 242 Å². The van der Waals surface area contributed by atoms with Crippen LogP contribution in [0.25, 0.3) is 16.5 Å². The van der Waals surface area contributed by atoms with E-state index in [2.05, 4.69) is 30.9 Å². The monoisotopic (exact) mass is 830 g/mol. The summed E-state index contributed by atoms with van der Waals surface area (Å²) >= 11 is 0. The molecule has 0 unspecified atom stereocenters. The molecular weight excluding hydrogens is 798 g/mol. The molecule has 0 saturated carbocycles. The molecule has 0 fully saturated rings. The predicted octanol–water partition coefficient (Wildman–Crippen LogP) is 6.92. The Morgan fingerprint density at radius 3 is 1.89 bits per heavy atom. The second-order valence-electron chi connectivity index (χ2n) is 11.8. The maximum Gasteiger partial charge on any atom is 1.00 e. The smallest absolute Gasteiger partial charge is 0.506 e. The van der Waals surface area contributed by atoms with Gasteiger partial charge in [-0.05, 0) is 66.0 Å². The van der Waals surface area contributed by atoms with Crippen LogP contribution in [-0.4, -0.2) is 60.4 Å². The van der Waals surface area contributed by atoms with Crippen molar-refractivity contribution in [2.75, 3.05) is 17.8 Å². The number of para-hydroxylation sites is 1. The molecular formula is C36H33CoN7O9S2. The molecule has 0 aliphatic rings. The standard InChI is InChI=1S/C19H17N3O5S.C17H15N4O4S.Co/c1-11(23)20-14-5-3-4-12-6-8-17(25)19(18(12)14)22-21-15-10-13(28(2,26)27)7-9-16(15)24;1-11-16(17(23)21(20-11)12-6-4-3-5-7-12)19-18-14-10-13(26(2,24)25)8-9-15(14)22;/h3-10,24-25H,1-2H3,(H,20,23);3-10,22H,1-2H3;/q;-1;/p+1. The Kier molecular flexibility index (Phi) is 12.8. The van der Waals surface area contributed by atoms with Crippen molar-refractivity contribution >= 4 is 64.8 Å². The molecule has 1 radical (unpaired) electrons. The normalized spacial score (nSPS) is 11.6. The Morgan fingerprint density at radius 2 is 1.33 bits per heavy atom. The van der Waals surface area contributed by atoms with Crippen molar-refractivity contribution in [3.05, 3.63) is 113 Å². The van der Waals surface area contributed by atoms with Gasteiger partial charge in [0.25, 0.3) is 0 Å². The number of aryl methyl sites for hydroxylation is 1. The fourth-order valence-electron chi connectivity index (χ4n) is 4.94. The van der Waals surface area contributed by atoms with E-state index in [1.54, 1.807) is 55.5 Å². The molecule has 16 nitrogen and oxygen atoms in total. The molecule has 55 heavy (non-hydrogen) atoms. The van der Waals surface area contributed by atoms with E-state index < -0.39 is 25.2 Å². The molecule has 0 bridgehead atoms. The second-order valence-corrected chi connectivity index (χ2v) is 15.8. The molecule has 5 aromatic carbocycles. The maximum atomic E-state index is 12.5. The summed E-state index contributed by atoms with van der Waals surface area (Å²) in [6.45, 7) is 2.97. The average Bonchev–Trinajstić information content (AvgIpc) is 3.39. The number of anilines is 1. The van der Waals surface area contributed by atoms with E-state index in [4.69, 9.17) is 0 Å². The van der Waals surface area contributed by atoms with Crippen molar-refractivity contribution in [1.29, 1.82) is 0 Å². The molecule has 0 atom stereocenters. The van der Waals surface area contributed by atoms with Crippen molar-refractivity contribution < 1.29 is 55.2 Å². The molecule has 1 heterocycles. The van der Waals surface area contributed by atoms with Gasteiger partial charge in [0.15, 0.2) is 19.7 Å². The zero-order chi connectivity index (χ0) is 39.4. The van der Waals surface area contributed by atoms with E-state index in [0.29, 0.717) is 27.8 Å². The number of fused-ring (bicyclic) bond motifs is 1. The summed E-state index contributed by atoms with van der Waals surface area (Å²) in [4.78, 5) is 24.0. The summed E-state index contributed by atoms with van der Waals surface area (Å²) in [5.41, 5.74) is 0.880. The molecule has 6 aromatic rings. The van der Waals surface area contributed by atoms with Gasteiger partial charge < -0.3 is 30.5 Å². The van der Waals surface area contributed by atoms with E-state index in [-0.39, 0.29) is 73.9 Å². The number of nitrogens with one attached hydrogen (secondary N) is 1. The Labute approximate surface area is 326 Å². The number of rotatable bonds is 8. The van der Waals surface area contributed by atoms with Gasteiger partial charge in [0.05, 0.1) is 21.2 Å². The van der Waals surface area contributed by atoms with Crippen LogP contribution in [0, 0.1) is 6.92 Å². The number of phenolic OH excluding ortho intramolecular Hbond substituents is 3. The fraction of sp³-hybridized carbons (Fsp3) is 0.111. The van der Waals surface area contributed by atoms with Gasteiger partial charge in [-0.15, -0.1) is 15.9 Å². The number of sulfone groups is 2. The number of carbonyl (C=O) groups is 1. The molecule has 19 heteroatoms. The van der Waals surface area contributed by atoms with E-state index in [9.17, 15) is 41.7 Å². The third kappa shape index (κ3) is 9.89. The fourth-order valence-corrected chi connectivity index (χ4v) is 6.22. The van der Waals surface area contributed by atoms with Gasteiger partial charge in [0, 0.05) is 41.6 Å². The van der Waals surface area contributed by atoms with Crippen molar-refractivity contribution in [2.24, 2.45) is 20.5 Å². The summed E-state index contributed by atoms with van der Waals surface area (Å²) in [7, 11) is -6.96. The molecule has 0 saturated heterocycles. The first-order valence-corrected chi connectivity index (χ1v) is 19.5. The van der Waals surface area contributed by atoms with E-state index in [1.807, 2.05) is 6.07 Å². The summed E-state index contributed by atoms with van der Waals surface area (Å²) in [6, 6.07) is 24.4. The first-order chi connectivity index (χ1) is 25.4. The van der Waals surface area contributed by atoms with E-state index in [1.165, 1.54) is 54.1 Å². The molecule has 6 rings (SSSR count). The van der Waals surface area contributed by atoms with Crippen molar-refractivity contribution in [3.63, 3.8) is 0 Å². The third-order valence-electron chi connectivity index (χ3n) is 7.56. The van der Waals surface area contributed by atoms with Gasteiger partial charge in [-0.25, -0.2) is 26.6 Å². The van der Waals surface area contributed by atoms with Crippen molar-refractivity contribution in [1.82, 2.24) is 9.78 Å². The molecule has 4 N–H and O–H groups in total. The quantitative estimate of drug-likeness (QED) is 0.0911. The number of hydrogen-bond acceptors (Lipinski definition) is 14. The van der Waals surface area contributed by atoms with Crippen LogP contribution >= 0.6 is 0 Å². The number of nitrogens with zero attached hydrogens (tertiary/aromatic N) is 6. The van der Waals surface area contributed by atoms with Crippen LogP contribution in [0.3, 0.4) is 0 Å². The zero-order valence-corrected chi connectivity index (χ0v) is 32.0. The number of carbonyl (C=O) groups excluding carboxylic acids is 1. The van der Waals surface area contributed by atoms with Gasteiger partial charge in [-0.3, -0.25) is 4.79 Å². The molecule has 0 spiro atoms. The zero-order valence-electron chi connectivity index (χ0n) is 30.4. The van der Waals surface area contributed by atoms with Crippen LogP contribution in [0.4, 0.5) is 28.4 Å². The first kappa shape index (κ1) is 41.6. The number of hydrogen-bond donors (Lipinski definition) is 4. The maximum absolute atomic E-state index is 12.5. The van der Waals surface area contributed by atoms with Crippen molar-refractivity contribution in [3.8, 4) is 22.9 Å². The Balaban J connectivity index is 0.000000291. The van der Waals surface area contributed by atoms with E-state index in [0.717, 1.165) is 12.5 Å². The number of amides is 1. The summed E-state index contributed by atoms with van der Waals surface area (Å²) in [5, 5.41) is 53.8. The minimum atomic E-state index is -3.50. The van der Waals surface area contributed by atoms with Crippen LogP contribution in [-0.2, 0) is 41.2 Å². The summed E-state index contributed by atoms with van der Waals surface area (Å²) in [6.07, 6.45) is 2.08. The molecule has 0 aliphatic carbocycles. The van der Waals surface area contributed by atoms with Crippen LogP contribution in [0.1, 0.15) is 14.0 Å². The van der Waals surface area contributed by atoms with Gasteiger partial charge in [-0.1, -0.05) is 49.0 Å². The Hall–Kier alpha value is -6.15. The minimum absolute atomic E-state index is 0. The average molecular weight is 831 g/mol. The van der Waals surface area contributed by atoms with Crippen LogP contribution in [0.2, 0.25) is 0 Å². The minimum Gasteiger partial charge on any atom is -0.506 e. The number of aromatic hydroxyl groups is 3. The Morgan fingerprint density at radius 1 is 0.764 bits per heavy atom. The number of benzene rings is 5. The van der Waals surface area contributed by atoms with Gasteiger partial charge in [-0.2, -0.15) is 5.11 Å². The van der Waals surface area contributed by atoms with Crippen LogP contribution in [0.5, 0.6) is 17.2 Å².